The Labute approximate surface area is 176 Å². The summed E-state index contributed by atoms with van der Waals surface area (Å²) < 4.78 is 6.35. The fraction of sp³-hybridized carbons (Fsp3) is 0.185. The number of hydrogen-bond donors (Lipinski definition) is 0. The van der Waals surface area contributed by atoms with Crippen molar-refractivity contribution >= 4 is 22.1 Å². The Morgan fingerprint density at radius 3 is 2.53 bits per heavy atom. The third-order valence-electron chi connectivity index (χ3n) is 5.48. The van der Waals surface area contributed by atoms with Crippen LogP contribution in [0.25, 0.3) is 44.6 Å². The summed E-state index contributed by atoms with van der Waals surface area (Å²) in [4.78, 5) is 9.49. The number of furan rings is 1. The molecule has 30 heavy (non-hydrogen) atoms. The molecule has 148 valence electrons. The fourth-order valence-corrected chi connectivity index (χ4v) is 4.16. The number of aromatic nitrogens is 2. The van der Waals surface area contributed by atoms with Crippen molar-refractivity contribution in [2.75, 3.05) is 0 Å². The van der Waals surface area contributed by atoms with Gasteiger partial charge in [0.1, 0.15) is 5.58 Å². The lowest BCUT2D eigenvalue weighted by molar-refractivity contribution is 0.646. The SMILES string of the molecule is Cc1cc(-c2ccccc2)nc2oc3c(-c4cc(CC(C)C)ccn4)cccc3c12. The van der Waals surface area contributed by atoms with E-state index < -0.39 is 0 Å². The first kappa shape index (κ1) is 18.6. The largest absolute Gasteiger partial charge is 0.437 e. The van der Waals surface area contributed by atoms with Crippen LogP contribution in [0.2, 0.25) is 0 Å². The smallest absolute Gasteiger partial charge is 0.228 e. The molecule has 0 unspecified atom stereocenters. The summed E-state index contributed by atoms with van der Waals surface area (Å²) in [5, 5.41) is 2.16. The summed E-state index contributed by atoms with van der Waals surface area (Å²) >= 11 is 0. The van der Waals surface area contributed by atoms with Gasteiger partial charge in [-0.1, -0.05) is 56.3 Å². The van der Waals surface area contributed by atoms with Gasteiger partial charge in [0.05, 0.1) is 16.8 Å². The second-order valence-corrected chi connectivity index (χ2v) is 8.30. The van der Waals surface area contributed by atoms with Crippen molar-refractivity contribution in [3.8, 4) is 22.5 Å². The van der Waals surface area contributed by atoms with Crippen LogP contribution in [0.3, 0.4) is 0 Å². The van der Waals surface area contributed by atoms with Gasteiger partial charge in [0.2, 0.25) is 5.71 Å². The first-order valence-corrected chi connectivity index (χ1v) is 10.4. The first-order chi connectivity index (χ1) is 14.6. The van der Waals surface area contributed by atoms with Crippen molar-refractivity contribution in [1.29, 1.82) is 0 Å². The molecule has 0 amide bonds. The number of hydrogen-bond acceptors (Lipinski definition) is 3. The molecule has 0 atom stereocenters. The minimum Gasteiger partial charge on any atom is -0.437 e. The molecule has 0 saturated carbocycles. The van der Waals surface area contributed by atoms with E-state index in [4.69, 9.17) is 9.40 Å². The zero-order valence-electron chi connectivity index (χ0n) is 17.5. The van der Waals surface area contributed by atoms with E-state index in [1.807, 2.05) is 24.4 Å². The molecule has 3 nitrogen and oxygen atoms in total. The van der Waals surface area contributed by atoms with Crippen LogP contribution in [0.5, 0.6) is 0 Å². The maximum absolute atomic E-state index is 6.35. The zero-order chi connectivity index (χ0) is 20.7. The Morgan fingerprint density at radius 2 is 1.73 bits per heavy atom. The van der Waals surface area contributed by atoms with Gasteiger partial charge in [-0.2, -0.15) is 0 Å². The molecular weight excluding hydrogens is 368 g/mol. The van der Waals surface area contributed by atoms with E-state index in [1.165, 1.54) is 5.56 Å². The highest BCUT2D eigenvalue weighted by molar-refractivity contribution is 6.10. The highest BCUT2D eigenvalue weighted by atomic mass is 16.3. The number of fused-ring (bicyclic) bond motifs is 3. The molecule has 0 radical (unpaired) electrons. The normalized spacial score (nSPS) is 11.6. The summed E-state index contributed by atoms with van der Waals surface area (Å²) in [5.74, 6) is 0.602. The van der Waals surface area contributed by atoms with Crippen LogP contribution >= 0.6 is 0 Å². The third kappa shape index (κ3) is 3.26. The lowest BCUT2D eigenvalue weighted by atomic mass is 10.00. The maximum atomic E-state index is 6.35. The average molecular weight is 393 g/mol. The Morgan fingerprint density at radius 1 is 0.900 bits per heavy atom. The molecule has 0 N–H and O–H groups in total. The van der Waals surface area contributed by atoms with E-state index in [1.54, 1.807) is 0 Å². The minimum atomic E-state index is 0.602. The fourth-order valence-electron chi connectivity index (χ4n) is 4.16. The van der Waals surface area contributed by atoms with E-state index in [0.717, 1.165) is 50.9 Å². The van der Waals surface area contributed by atoms with Gasteiger partial charge < -0.3 is 4.42 Å². The lowest BCUT2D eigenvalue weighted by Gasteiger charge is -2.07. The van der Waals surface area contributed by atoms with E-state index in [9.17, 15) is 0 Å². The molecule has 3 heteroatoms. The van der Waals surface area contributed by atoms with Crippen LogP contribution in [0.4, 0.5) is 0 Å². The molecule has 3 heterocycles. The van der Waals surface area contributed by atoms with Gasteiger partial charge in [0.25, 0.3) is 0 Å². The van der Waals surface area contributed by atoms with Gasteiger partial charge in [0, 0.05) is 22.7 Å². The topological polar surface area (TPSA) is 38.9 Å². The van der Waals surface area contributed by atoms with Crippen LogP contribution in [0.1, 0.15) is 25.0 Å². The van der Waals surface area contributed by atoms with E-state index in [2.05, 4.69) is 74.3 Å². The molecule has 0 aliphatic heterocycles. The monoisotopic (exact) mass is 392 g/mol. The summed E-state index contributed by atoms with van der Waals surface area (Å²) in [6.45, 7) is 6.59. The molecule has 0 spiro atoms. The first-order valence-electron chi connectivity index (χ1n) is 10.4. The standard InChI is InChI=1S/C27H24N2O/c1-17(2)14-19-12-13-28-24(16-19)21-10-7-11-22-25-18(3)15-23(20-8-5-4-6-9-20)29-27(25)30-26(21)22/h4-13,15-17H,14H2,1-3H3. The van der Waals surface area contributed by atoms with Gasteiger partial charge in [-0.15, -0.1) is 0 Å². The van der Waals surface area contributed by atoms with Crippen molar-refractivity contribution in [2.45, 2.75) is 27.2 Å². The van der Waals surface area contributed by atoms with Gasteiger partial charge in [-0.05, 0) is 54.7 Å². The summed E-state index contributed by atoms with van der Waals surface area (Å²) in [7, 11) is 0. The van der Waals surface area contributed by atoms with Crippen LogP contribution in [0.15, 0.2) is 77.3 Å². The molecule has 3 aromatic heterocycles. The van der Waals surface area contributed by atoms with Crippen molar-refractivity contribution < 1.29 is 4.42 Å². The molecule has 5 aromatic rings. The number of pyridine rings is 2. The molecule has 0 saturated heterocycles. The molecule has 0 aliphatic carbocycles. The third-order valence-corrected chi connectivity index (χ3v) is 5.48. The lowest BCUT2D eigenvalue weighted by Crippen LogP contribution is -1.95. The summed E-state index contributed by atoms with van der Waals surface area (Å²) in [6, 6.07) is 22.9. The van der Waals surface area contributed by atoms with Gasteiger partial charge in [-0.25, -0.2) is 4.98 Å². The average Bonchev–Trinajstić information content (AvgIpc) is 3.13. The molecule has 0 fully saturated rings. The molecule has 5 rings (SSSR count). The number of nitrogens with zero attached hydrogens (tertiary/aromatic N) is 2. The van der Waals surface area contributed by atoms with E-state index >= 15 is 0 Å². The quantitative estimate of drug-likeness (QED) is 0.324. The number of benzene rings is 2. The van der Waals surface area contributed by atoms with Crippen molar-refractivity contribution in [3.63, 3.8) is 0 Å². The second-order valence-electron chi connectivity index (χ2n) is 8.30. The summed E-state index contributed by atoms with van der Waals surface area (Å²) in [5.41, 5.74) is 7.96. The van der Waals surface area contributed by atoms with Crippen molar-refractivity contribution in [3.05, 3.63) is 84.1 Å². The molecule has 0 bridgehead atoms. The minimum absolute atomic E-state index is 0.602. The zero-order valence-corrected chi connectivity index (χ0v) is 17.5. The van der Waals surface area contributed by atoms with Gasteiger partial charge >= 0.3 is 0 Å². The maximum Gasteiger partial charge on any atom is 0.228 e. The Balaban J connectivity index is 1.70. The van der Waals surface area contributed by atoms with E-state index in [-0.39, 0.29) is 0 Å². The van der Waals surface area contributed by atoms with Crippen LogP contribution in [-0.2, 0) is 6.42 Å². The van der Waals surface area contributed by atoms with Crippen LogP contribution < -0.4 is 0 Å². The molecule has 0 aliphatic rings. The number of rotatable bonds is 4. The Bertz CT molecular complexity index is 1350. The second kappa shape index (κ2) is 7.42. The molecule has 2 aromatic carbocycles. The highest BCUT2D eigenvalue weighted by Crippen LogP contribution is 2.37. The molecular formula is C27H24N2O. The van der Waals surface area contributed by atoms with Gasteiger partial charge in [-0.3, -0.25) is 4.98 Å². The van der Waals surface area contributed by atoms with Crippen LogP contribution in [0, 0.1) is 12.8 Å². The Hall–Kier alpha value is -3.46. The Kier molecular flexibility index (Phi) is 4.59. The van der Waals surface area contributed by atoms with E-state index in [0.29, 0.717) is 11.6 Å². The predicted molar refractivity (Wildman–Crippen MR) is 123 cm³/mol. The summed E-state index contributed by atoms with van der Waals surface area (Å²) in [6.07, 6.45) is 2.93. The number of para-hydroxylation sites is 1. The number of aryl methyl sites for hydroxylation is 1. The van der Waals surface area contributed by atoms with Gasteiger partial charge in [0.15, 0.2) is 0 Å². The van der Waals surface area contributed by atoms with Crippen molar-refractivity contribution in [1.82, 2.24) is 9.97 Å². The van der Waals surface area contributed by atoms with Crippen LogP contribution in [-0.4, -0.2) is 9.97 Å². The highest BCUT2D eigenvalue weighted by Gasteiger charge is 2.17. The van der Waals surface area contributed by atoms with Crippen molar-refractivity contribution in [2.24, 2.45) is 5.92 Å². The predicted octanol–water partition coefficient (Wildman–Crippen LogP) is 7.22.